The number of carbonyl (C=O) groups excluding carboxylic acids is 2. The summed E-state index contributed by atoms with van der Waals surface area (Å²) in [5, 5.41) is 13.9. The maximum absolute atomic E-state index is 12.0. The Bertz CT molecular complexity index is 853. The molecule has 2 aromatic carbocycles. The van der Waals surface area contributed by atoms with Crippen molar-refractivity contribution in [2.45, 2.75) is 13.0 Å². The van der Waals surface area contributed by atoms with E-state index in [-0.39, 0.29) is 18.2 Å². The number of methoxy groups -OCH3 is 1. The van der Waals surface area contributed by atoms with Crippen LogP contribution >= 0.6 is 0 Å². The average Bonchev–Trinajstić information content (AvgIpc) is 2.65. The van der Waals surface area contributed by atoms with Crippen LogP contribution in [-0.2, 0) is 16.1 Å². The highest BCUT2D eigenvalue weighted by Gasteiger charge is 2.03. The highest BCUT2D eigenvalue weighted by Crippen LogP contribution is 2.14. The van der Waals surface area contributed by atoms with Gasteiger partial charge in [0.05, 0.1) is 13.2 Å². The van der Waals surface area contributed by atoms with Crippen molar-refractivity contribution in [1.82, 2.24) is 5.32 Å². The van der Waals surface area contributed by atoms with Crippen LogP contribution in [0.3, 0.4) is 0 Å². The largest absolute Gasteiger partial charge is 0.497 e. The van der Waals surface area contributed by atoms with E-state index in [4.69, 9.17) is 10.00 Å². The molecule has 0 fully saturated rings. The SMILES string of the molecule is COc1cccc(/C=C/C(=O)NCc2cccc(NC(=O)CC#N)c2)c1. The molecule has 0 aliphatic heterocycles. The van der Waals surface area contributed by atoms with Crippen molar-refractivity contribution in [2.24, 2.45) is 0 Å². The van der Waals surface area contributed by atoms with Crippen LogP contribution < -0.4 is 15.4 Å². The molecule has 0 atom stereocenters. The first kappa shape index (κ1) is 18.7. The molecular formula is C20H19N3O3. The Kier molecular flexibility index (Phi) is 6.95. The van der Waals surface area contributed by atoms with Gasteiger partial charge in [0, 0.05) is 18.3 Å². The lowest BCUT2D eigenvalue weighted by molar-refractivity contribution is -0.117. The van der Waals surface area contributed by atoms with Gasteiger partial charge in [-0.1, -0.05) is 24.3 Å². The zero-order valence-corrected chi connectivity index (χ0v) is 14.4. The fraction of sp³-hybridized carbons (Fsp3) is 0.150. The Morgan fingerprint density at radius 2 is 2.00 bits per heavy atom. The van der Waals surface area contributed by atoms with E-state index in [2.05, 4.69) is 10.6 Å². The zero-order chi connectivity index (χ0) is 18.8. The third-order valence-electron chi connectivity index (χ3n) is 3.44. The Morgan fingerprint density at radius 3 is 2.77 bits per heavy atom. The molecule has 0 heterocycles. The lowest BCUT2D eigenvalue weighted by Gasteiger charge is -2.07. The van der Waals surface area contributed by atoms with E-state index >= 15 is 0 Å². The summed E-state index contributed by atoms with van der Waals surface area (Å²) in [7, 11) is 1.59. The molecule has 2 aromatic rings. The highest BCUT2D eigenvalue weighted by atomic mass is 16.5. The highest BCUT2D eigenvalue weighted by molar-refractivity contribution is 5.92. The number of anilines is 1. The summed E-state index contributed by atoms with van der Waals surface area (Å²) in [5.41, 5.74) is 2.29. The van der Waals surface area contributed by atoms with Crippen molar-refractivity contribution in [3.8, 4) is 11.8 Å². The fourth-order valence-corrected chi connectivity index (χ4v) is 2.20. The summed E-state index contributed by atoms with van der Waals surface area (Å²) in [4.78, 5) is 23.4. The van der Waals surface area contributed by atoms with E-state index in [0.717, 1.165) is 16.9 Å². The summed E-state index contributed by atoms with van der Waals surface area (Å²) in [6, 6.07) is 16.3. The van der Waals surface area contributed by atoms with Crippen molar-refractivity contribution >= 4 is 23.6 Å². The summed E-state index contributed by atoms with van der Waals surface area (Å²) >= 11 is 0. The number of amides is 2. The monoisotopic (exact) mass is 349 g/mol. The molecule has 0 unspecified atom stereocenters. The molecule has 6 heteroatoms. The molecule has 0 saturated heterocycles. The number of ether oxygens (including phenoxy) is 1. The van der Waals surface area contributed by atoms with Gasteiger partial charge in [-0.3, -0.25) is 9.59 Å². The van der Waals surface area contributed by atoms with Gasteiger partial charge in [-0.15, -0.1) is 0 Å². The van der Waals surface area contributed by atoms with Crippen molar-refractivity contribution < 1.29 is 14.3 Å². The normalized spacial score (nSPS) is 10.2. The number of rotatable bonds is 7. The van der Waals surface area contributed by atoms with E-state index in [9.17, 15) is 9.59 Å². The number of hydrogen-bond donors (Lipinski definition) is 2. The lowest BCUT2D eigenvalue weighted by Crippen LogP contribution is -2.20. The number of nitrogens with zero attached hydrogens (tertiary/aromatic N) is 1. The number of hydrogen-bond acceptors (Lipinski definition) is 4. The Hall–Kier alpha value is -3.59. The molecule has 0 aromatic heterocycles. The standard InChI is InChI=1S/C20H19N3O3/c1-26-18-7-3-4-15(13-18)8-9-19(24)22-14-16-5-2-6-17(12-16)23-20(25)10-11-21/h2-9,12-13H,10,14H2,1H3,(H,22,24)(H,23,25)/b9-8+. The molecule has 0 aliphatic rings. The second-order valence-electron chi connectivity index (χ2n) is 5.41. The van der Waals surface area contributed by atoms with Crippen LogP contribution in [0.2, 0.25) is 0 Å². The first-order valence-electron chi connectivity index (χ1n) is 7.96. The smallest absolute Gasteiger partial charge is 0.244 e. The predicted molar refractivity (Wildman–Crippen MR) is 99.2 cm³/mol. The van der Waals surface area contributed by atoms with Crippen molar-refractivity contribution in [3.05, 3.63) is 65.7 Å². The second kappa shape index (κ2) is 9.64. The lowest BCUT2D eigenvalue weighted by atomic mass is 10.2. The molecule has 0 saturated carbocycles. The molecule has 0 bridgehead atoms. The molecule has 0 radical (unpaired) electrons. The third kappa shape index (κ3) is 6.13. The second-order valence-corrected chi connectivity index (χ2v) is 5.41. The molecule has 2 N–H and O–H groups in total. The minimum Gasteiger partial charge on any atom is -0.497 e. The number of nitrogens with one attached hydrogen (secondary N) is 2. The van der Waals surface area contributed by atoms with Crippen molar-refractivity contribution in [1.29, 1.82) is 5.26 Å². The van der Waals surface area contributed by atoms with Gasteiger partial charge < -0.3 is 15.4 Å². The van der Waals surface area contributed by atoms with Crippen LogP contribution in [0.25, 0.3) is 6.08 Å². The summed E-state index contributed by atoms with van der Waals surface area (Å²) in [6.45, 7) is 0.323. The topological polar surface area (TPSA) is 91.2 Å². The van der Waals surface area contributed by atoms with Crippen LogP contribution in [0.5, 0.6) is 5.75 Å². The van der Waals surface area contributed by atoms with E-state index in [1.807, 2.05) is 30.3 Å². The van der Waals surface area contributed by atoms with E-state index in [0.29, 0.717) is 12.2 Å². The average molecular weight is 349 g/mol. The molecule has 0 aliphatic carbocycles. The Balaban J connectivity index is 1.89. The van der Waals surface area contributed by atoms with Crippen molar-refractivity contribution in [3.63, 3.8) is 0 Å². The maximum atomic E-state index is 12.0. The van der Waals surface area contributed by atoms with Crippen LogP contribution in [0, 0.1) is 11.3 Å². The molecule has 26 heavy (non-hydrogen) atoms. The minimum atomic E-state index is -0.366. The molecule has 132 valence electrons. The predicted octanol–water partition coefficient (Wildman–Crippen LogP) is 2.88. The summed E-state index contributed by atoms with van der Waals surface area (Å²) in [6.07, 6.45) is 2.96. The van der Waals surface area contributed by atoms with Gasteiger partial charge in [0.1, 0.15) is 12.2 Å². The van der Waals surface area contributed by atoms with E-state index < -0.39 is 0 Å². The van der Waals surface area contributed by atoms with E-state index in [1.54, 1.807) is 37.5 Å². The van der Waals surface area contributed by atoms with Gasteiger partial charge in [-0.05, 0) is 41.5 Å². The Morgan fingerprint density at radius 1 is 1.19 bits per heavy atom. The Labute approximate surface area is 152 Å². The zero-order valence-electron chi connectivity index (χ0n) is 14.4. The maximum Gasteiger partial charge on any atom is 0.244 e. The fourth-order valence-electron chi connectivity index (χ4n) is 2.20. The first-order valence-corrected chi connectivity index (χ1v) is 7.96. The molecule has 6 nitrogen and oxygen atoms in total. The minimum absolute atomic E-state index is 0.198. The van der Waals surface area contributed by atoms with Gasteiger partial charge in [0.15, 0.2) is 0 Å². The number of nitriles is 1. The van der Waals surface area contributed by atoms with Gasteiger partial charge in [0.25, 0.3) is 0 Å². The van der Waals surface area contributed by atoms with Crippen LogP contribution in [0.1, 0.15) is 17.5 Å². The number of carbonyl (C=O) groups is 2. The molecule has 0 spiro atoms. The van der Waals surface area contributed by atoms with Crippen molar-refractivity contribution in [2.75, 3.05) is 12.4 Å². The quantitative estimate of drug-likeness (QED) is 0.752. The van der Waals surface area contributed by atoms with Crippen LogP contribution in [-0.4, -0.2) is 18.9 Å². The first-order chi connectivity index (χ1) is 12.6. The molecule has 2 amide bonds. The van der Waals surface area contributed by atoms with Gasteiger partial charge in [-0.25, -0.2) is 0 Å². The van der Waals surface area contributed by atoms with Gasteiger partial charge in [0.2, 0.25) is 11.8 Å². The van der Waals surface area contributed by atoms with Crippen LogP contribution in [0.15, 0.2) is 54.6 Å². The summed E-state index contributed by atoms with van der Waals surface area (Å²) < 4.78 is 5.14. The van der Waals surface area contributed by atoms with Gasteiger partial charge in [-0.2, -0.15) is 5.26 Å². The molecular weight excluding hydrogens is 330 g/mol. The summed E-state index contributed by atoms with van der Waals surface area (Å²) in [5.74, 6) is 0.129. The van der Waals surface area contributed by atoms with Crippen LogP contribution in [0.4, 0.5) is 5.69 Å². The molecule has 2 rings (SSSR count). The van der Waals surface area contributed by atoms with Gasteiger partial charge >= 0.3 is 0 Å². The van der Waals surface area contributed by atoms with E-state index in [1.165, 1.54) is 6.08 Å². The third-order valence-corrected chi connectivity index (χ3v) is 3.44. The number of benzene rings is 2.